The van der Waals surface area contributed by atoms with Crippen molar-refractivity contribution in [1.29, 1.82) is 0 Å². The summed E-state index contributed by atoms with van der Waals surface area (Å²) in [6.07, 6.45) is 0. The lowest BCUT2D eigenvalue weighted by atomic mass is 10.1. The molecule has 0 N–H and O–H groups in total. The maximum Gasteiger partial charge on any atom is 0.313 e. The number of halogens is 1. The van der Waals surface area contributed by atoms with Crippen LogP contribution in [0.2, 0.25) is 5.02 Å². The summed E-state index contributed by atoms with van der Waals surface area (Å²) in [6, 6.07) is 8.77. The van der Waals surface area contributed by atoms with E-state index >= 15 is 0 Å². The third-order valence-corrected chi connectivity index (χ3v) is 4.11. The van der Waals surface area contributed by atoms with Crippen LogP contribution in [0.15, 0.2) is 48.6 Å². The number of nitrogens with zero attached hydrogens (tertiary/aromatic N) is 2. The van der Waals surface area contributed by atoms with E-state index in [0.29, 0.717) is 18.7 Å². The number of methoxy groups -OCH3 is 1. The van der Waals surface area contributed by atoms with Crippen LogP contribution in [0.1, 0.15) is 24.2 Å². The van der Waals surface area contributed by atoms with Gasteiger partial charge in [0.25, 0.3) is 5.91 Å². The number of ether oxygens (including phenoxy) is 2. The van der Waals surface area contributed by atoms with Gasteiger partial charge in [0, 0.05) is 29.7 Å². The third kappa shape index (κ3) is 5.01. The molecule has 8 heteroatoms. The van der Waals surface area contributed by atoms with Crippen LogP contribution < -0.4 is 9.47 Å². The quantitative estimate of drug-likeness (QED) is 0.348. The third-order valence-electron chi connectivity index (χ3n) is 3.88. The monoisotopic (exact) mass is 404 g/mol. The number of hydrogen-bond acceptors (Lipinski definition) is 5. The van der Waals surface area contributed by atoms with E-state index in [4.69, 9.17) is 21.1 Å². The molecule has 148 valence electrons. The zero-order chi connectivity index (χ0) is 20.8. The summed E-state index contributed by atoms with van der Waals surface area (Å²) in [5.41, 5.74) is 1.02. The first kappa shape index (κ1) is 21.2. The minimum atomic E-state index is -0.581. The van der Waals surface area contributed by atoms with Crippen molar-refractivity contribution < 1.29 is 19.2 Å². The van der Waals surface area contributed by atoms with E-state index in [-0.39, 0.29) is 33.9 Å². The molecular weight excluding hydrogens is 384 g/mol. The first-order valence-corrected chi connectivity index (χ1v) is 8.88. The Morgan fingerprint density at radius 3 is 2.46 bits per heavy atom. The largest absolute Gasteiger partial charge is 0.493 e. The summed E-state index contributed by atoms with van der Waals surface area (Å²) in [5, 5.41) is 11.5. The predicted octanol–water partition coefficient (Wildman–Crippen LogP) is 5.09. The van der Waals surface area contributed by atoms with Gasteiger partial charge in [-0.05, 0) is 44.2 Å². The Hall–Kier alpha value is -3.06. The maximum atomic E-state index is 12.7. The Kier molecular flexibility index (Phi) is 7.00. The summed E-state index contributed by atoms with van der Waals surface area (Å²) in [6.45, 7) is 8.56. The van der Waals surface area contributed by atoms with E-state index in [0.717, 1.165) is 5.57 Å². The summed E-state index contributed by atoms with van der Waals surface area (Å²) in [5.74, 6) is 0.367. The number of rotatable bonds is 8. The van der Waals surface area contributed by atoms with Gasteiger partial charge in [-0.3, -0.25) is 14.9 Å². The average Bonchev–Trinajstić information content (AvgIpc) is 2.66. The van der Waals surface area contributed by atoms with Crippen molar-refractivity contribution >= 4 is 23.2 Å². The van der Waals surface area contributed by atoms with Gasteiger partial charge >= 0.3 is 5.69 Å². The highest BCUT2D eigenvalue weighted by Crippen LogP contribution is 2.38. The second-order valence-corrected chi connectivity index (χ2v) is 6.55. The number of hydrogen-bond donors (Lipinski definition) is 0. The highest BCUT2D eigenvalue weighted by atomic mass is 35.5. The van der Waals surface area contributed by atoms with Crippen molar-refractivity contribution in [3.63, 3.8) is 0 Å². The molecule has 0 aromatic heterocycles. The Bertz CT molecular complexity index is 913. The van der Waals surface area contributed by atoms with Gasteiger partial charge in [-0.1, -0.05) is 23.8 Å². The molecule has 0 aliphatic rings. The topological polar surface area (TPSA) is 81.9 Å². The zero-order valence-electron chi connectivity index (χ0n) is 15.9. The zero-order valence-corrected chi connectivity index (χ0v) is 16.7. The van der Waals surface area contributed by atoms with Crippen LogP contribution in [-0.4, -0.2) is 35.9 Å². The molecule has 0 aliphatic carbocycles. The molecule has 28 heavy (non-hydrogen) atoms. The van der Waals surface area contributed by atoms with Crippen molar-refractivity contribution in [2.75, 3.05) is 20.2 Å². The van der Waals surface area contributed by atoms with E-state index in [2.05, 4.69) is 6.58 Å². The van der Waals surface area contributed by atoms with Gasteiger partial charge in [0.2, 0.25) is 5.75 Å². The van der Waals surface area contributed by atoms with Gasteiger partial charge in [0.15, 0.2) is 11.5 Å². The van der Waals surface area contributed by atoms with Gasteiger partial charge < -0.3 is 14.4 Å². The molecule has 0 spiro atoms. The highest BCUT2D eigenvalue weighted by molar-refractivity contribution is 6.30. The average molecular weight is 405 g/mol. The fourth-order valence-electron chi connectivity index (χ4n) is 2.56. The molecule has 2 rings (SSSR count). The van der Waals surface area contributed by atoms with Crippen molar-refractivity contribution in [3.8, 4) is 17.2 Å². The van der Waals surface area contributed by atoms with Gasteiger partial charge in [0.1, 0.15) is 0 Å². The van der Waals surface area contributed by atoms with Crippen molar-refractivity contribution in [1.82, 2.24) is 4.90 Å². The Labute approximate surface area is 168 Å². The summed E-state index contributed by atoms with van der Waals surface area (Å²) >= 11 is 5.82. The number of carbonyl (C=O) groups excluding carboxylic acids is 1. The van der Waals surface area contributed by atoms with Crippen molar-refractivity contribution in [2.24, 2.45) is 0 Å². The first-order valence-electron chi connectivity index (χ1n) is 8.50. The Morgan fingerprint density at radius 2 is 1.89 bits per heavy atom. The van der Waals surface area contributed by atoms with Crippen LogP contribution in [0.3, 0.4) is 0 Å². The fraction of sp³-hybridized carbons (Fsp3) is 0.250. The number of benzene rings is 2. The molecule has 0 atom stereocenters. The lowest BCUT2D eigenvalue weighted by Crippen LogP contribution is -2.32. The molecule has 0 radical (unpaired) electrons. The number of likely N-dealkylation sites (N-methyl/N-ethyl adjacent to an activating group) is 1. The van der Waals surface area contributed by atoms with Gasteiger partial charge in [0.05, 0.1) is 12.0 Å². The molecule has 7 nitrogen and oxygen atoms in total. The summed E-state index contributed by atoms with van der Waals surface area (Å²) < 4.78 is 11.0. The number of carbonyl (C=O) groups is 1. The molecule has 0 fully saturated rings. The molecule has 0 heterocycles. The number of amides is 1. The van der Waals surface area contributed by atoms with Crippen LogP contribution in [0, 0.1) is 10.1 Å². The molecule has 0 unspecified atom stereocenters. The van der Waals surface area contributed by atoms with Gasteiger partial charge in [-0.25, -0.2) is 0 Å². The molecule has 0 saturated carbocycles. The van der Waals surface area contributed by atoms with E-state index in [9.17, 15) is 14.9 Å². The minimum Gasteiger partial charge on any atom is -0.493 e. The second kappa shape index (κ2) is 9.23. The van der Waals surface area contributed by atoms with Crippen LogP contribution in [-0.2, 0) is 0 Å². The Morgan fingerprint density at radius 1 is 1.21 bits per heavy atom. The lowest BCUT2D eigenvalue weighted by molar-refractivity contribution is -0.385. The van der Waals surface area contributed by atoms with Crippen LogP contribution in [0.5, 0.6) is 17.2 Å². The van der Waals surface area contributed by atoms with Crippen molar-refractivity contribution in [3.05, 3.63) is 69.3 Å². The first-order chi connectivity index (χ1) is 13.3. The summed E-state index contributed by atoms with van der Waals surface area (Å²) in [4.78, 5) is 25.0. The molecule has 2 aromatic rings. The molecule has 0 bridgehead atoms. The number of nitro benzene ring substituents is 1. The van der Waals surface area contributed by atoms with E-state index in [1.807, 2.05) is 13.8 Å². The van der Waals surface area contributed by atoms with Crippen molar-refractivity contribution in [2.45, 2.75) is 13.8 Å². The molecule has 0 saturated heterocycles. The number of nitro groups is 1. The van der Waals surface area contributed by atoms with E-state index < -0.39 is 4.92 Å². The van der Waals surface area contributed by atoms with Gasteiger partial charge in [-0.2, -0.15) is 0 Å². The lowest BCUT2D eigenvalue weighted by Gasteiger charge is -2.21. The molecular formula is C20H21ClN2O5. The molecule has 1 amide bonds. The molecule has 2 aromatic carbocycles. The van der Waals surface area contributed by atoms with Crippen LogP contribution in [0.4, 0.5) is 5.69 Å². The van der Waals surface area contributed by atoms with Crippen LogP contribution >= 0.6 is 11.6 Å². The SMILES string of the molecule is C=C(C)CN(CC)C(=O)c1ccc(Oc2ccc(Cl)cc2[N+](=O)[O-])c(OC)c1. The van der Waals surface area contributed by atoms with E-state index in [1.165, 1.54) is 25.3 Å². The standard InChI is InChI=1S/C20H21ClN2O5/c1-5-22(12-13(2)3)20(24)14-6-8-18(19(10-14)27-4)28-17-9-7-15(21)11-16(17)23(25)26/h6-11H,2,5,12H2,1,3-4H3. The van der Waals surface area contributed by atoms with Gasteiger partial charge in [-0.15, -0.1) is 0 Å². The predicted molar refractivity (Wildman–Crippen MR) is 108 cm³/mol. The fourth-order valence-corrected chi connectivity index (χ4v) is 2.72. The minimum absolute atomic E-state index is 0.0178. The normalized spacial score (nSPS) is 10.3. The smallest absolute Gasteiger partial charge is 0.313 e. The summed E-state index contributed by atoms with van der Waals surface area (Å²) in [7, 11) is 1.43. The second-order valence-electron chi connectivity index (χ2n) is 6.11. The molecule has 0 aliphatic heterocycles. The maximum absolute atomic E-state index is 12.7. The van der Waals surface area contributed by atoms with Crippen LogP contribution in [0.25, 0.3) is 0 Å². The van der Waals surface area contributed by atoms with E-state index in [1.54, 1.807) is 23.1 Å². The Balaban J connectivity index is 2.35. The highest BCUT2D eigenvalue weighted by Gasteiger charge is 2.20.